The van der Waals surface area contributed by atoms with Crippen LogP contribution in [-0.4, -0.2) is 20.4 Å². The number of rotatable bonds is 3. The van der Waals surface area contributed by atoms with Gasteiger partial charge in [0.2, 0.25) is 5.91 Å². The van der Waals surface area contributed by atoms with E-state index >= 15 is 0 Å². The maximum absolute atomic E-state index is 11.7. The number of nitrogens with one attached hydrogen (secondary N) is 1. The number of fused-ring (bicyclic) bond motifs is 2. The Labute approximate surface area is 149 Å². The van der Waals surface area contributed by atoms with Gasteiger partial charge >= 0.3 is 0 Å². The van der Waals surface area contributed by atoms with Gasteiger partial charge in [-0.3, -0.25) is 4.79 Å². The summed E-state index contributed by atoms with van der Waals surface area (Å²) in [6.07, 6.45) is 0. The van der Waals surface area contributed by atoms with E-state index in [1.165, 1.54) is 6.92 Å². The molecule has 2 aromatic carbocycles. The number of nitriles is 1. The molecule has 0 saturated carbocycles. The van der Waals surface area contributed by atoms with E-state index in [4.69, 9.17) is 4.98 Å². The van der Waals surface area contributed by atoms with E-state index in [2.05, 4.69) is 16.4 Å². The number of carbonyl (C=O) groups excluding carboxylic acids is 1. The molecular weight excluding hydrogens is 326 g/mol. The van der Waals surface area contributed by atoms with Crippen LogP contribution in [0.3, 0.4) is 0 Å². The van der Waals surface area contributed by atoms with Crippen molar-refractivity contribution in [3.63, 3.8) is 0 Å². The third kappa shape index (κ3) is 2.66. The van der Waals surface area contributed by atoms with Gasteiger partial charge in [-0.1, -0.05) is 42.5 Å². The summed E-state index contributed by atoms with van der Waals surface area (Å²) in [5.41, 5.74) is 3.88. The second-order valence-electron chi connectivity index (χ2n) is 5.97. The van der Waals surface area contributed by atoms with Gasteiger partial charge in [0, 0.05) is 6.92 Å². The van der Waals surface area contributed by atoms with Crippen molar-refractivity contribution < 1.29 is 4.79 Å². The fourth-order valence-corrected chi connectivity index (χ4v) is 3.02. The predicted octanol–water partition coefficient (Wildman–Crippen LogP) is 3.46. The average molecular weight is 341 g/mol. The number of benzene rings is 2. The molecule has 0 fully saturated rings. The Hall–Kier alpha value is -3.72. The lowest BCUT2D eigenvalue weighted by Gasteiger charge is -2.10. The normalized spacial score (nSPS) is 10.8. The molecule has 6 nitrogen and oxygen atoms in total. The second kappa shape index (κ2) is 6.30. The van der Waals surface area contributed by atoms with Crippen LogP contribution in [0.15, 0.2) is 54.6 Å². The molecule has 2 heterocycles. The molecule has 4 aromatic rings. The Balaban J connectivity index is 2.03. The molecule has 4 rings (SSSR count). The van der Waals surface area contributed by atoms with E-state index in [0.717, 1.165) is 11.1 Å². The van der Waals surface area contributed by atoms with Gasteiger partial charge in [-0.05, 0) is 17.7 Å². The number of hydrogen-bond acceptors (Lipinski definition) is 4. The third-order valence-electron chi connectivity index (χ3n) is 4.14. The Morgan fingerprint density at radius 3 is 2.38 bits per heavy atom. The highest BCUT2D eigenvalue weighted by Gasteiger charge is 2.21. The first-order chi connectivity index (χ1) is 12.7. The molecule has 0 radical (unpaired) electrons. The minimum absolute atomic E-state index is 0.247. The van der Waals surface area contributed by atoms with Crippen LogP contribution in [0.5, 0.6) is 0 Å². The third-order valence-corrected chi connectivity index (χ3v) is 4.14. The van der Waals surface area contributed by atoms with Crippen molar-refractivity contribution >= 4 is 33.9 Å². The Bertz CT molecular complexity index is 1170. The summed E-state index contributed by atoms with van der Waals surface area (Å²) in [5.74, 6) is 0.178. The molecule has 1 N–H and O–H groups in total. The number of carbonyl (C=O) groups is 1. The van der Waals surface area contributed by atoms with Crippen LogP contribution < -0.4 is 5.32 Å². The molecule has 6 heteroatoms. The number of aromatic nitrogens is 3. The van der Waals surface area contributed by atoms with Gasteiger partial charge in [0.1, 0.15) is 23.0 Å². The number of anilines is 1. The fourth-order valence-electron chi connectivity index (χ4n) is 3.02. The van der Waals surface area contributed by atoms with Crippen molar-refractivity contribution in [3.8, 4) is 6.07 Å². The van der Waals surface area contributed by atoms with Crippen LogP contribution in [0, 0.1) is 11.3 Å². The van der Waals surface area contributed by atoms with Crippen molar-refractivity contribution in [2.45, 2.75) is 13.5 Å². The van der Waals surface area contributed by atoms with Crippen LogP contribution in [0.25, 0.3) is 22.2 Å². The molecule has 0 aliphatic carbocycles. The molecular formula is C20H15N5O. The van der Waals surface area contributed by atoms with Gasteiger partial charge in [0.15, 0.2) is 5.65 Å². The van der Waals surface area contributed by atoms with Crippen LogP contribution >= 0.6 is 0 Å². The first-order valence-electron chi connectivity index (χ1n) is 8.18. The Kier molecular flexibility index (Phi) is 3.82. The van der Waals surface area contributed by atoms with Crippen LogP contribution in [-0.2, 0) is 11.3 Å². The van der Waals surface area contributed by atoms with E-state index in [-0.39, 0.29) is 5.91 Å². The van der Waals surface area contributed by atoms with Crippen molar-refractivity contribution in [3.05, 3.63) is 65.7 Å². The molecule has 0 unspecified atom stereocenters. The summed E-state index contributed by atoms with van der Waals surface area (Å²) in [7, 11) is 0. The number of para-hydroxylation sites is 2. The number of nitrogens with zero attached hydrogens (tertiary/aromatic N) is 4. The lowest BCUT2D eigenvalue weighted by Crippen LogP contribution is -2.13. The zero-order valence-corrected chi connectivity index (χ0v) is 14.1. The Morgan fingerprint density at radius 2 is 1.73 bits per heavy atom. The minimum Gasteiger partial charge on any atom is -0.311 e. The largest absolute Gasteiger partial charge is 0.311 e. The highest BCUT2D eigenvalue weighted by atomic mass is 16.1. The molecule has 126 valence electrons. The zero-order valence-electron chi connectivity index (χ0n) is 14.1. The van der Waals surface area contributed by atoms with Crippen LogP contribution in [0.4, 0.5) is 5.82 Å². The van der Waals surface area contributed by atoms with E-state index in [9.17, 15) is 10.1 Å². The van der Waals surface area contributed by atoms with Crippen LogP contribution in [0.1, 0.15) is 18.1 Å². The quantitative estimate of drug-likeness (QED) is 0.618. The summed E-state index contributed by atoms with van der Waals surface area (Å²) < 4.78 is 1.84. The standard InChI is InChI=1S/C20H15N5O/c1-13(26)22-19-15(11-21)18-20(24-17-10-6-5-9-16(17)23-18)25(19)12-14-7-3-2-4-8-14/h2-10H,12H2,1H3,(H,22,26). The lowest BCUT2D eigenvalue weighted by atomic mass is 10.2. The van der Waals surface area contributed by atoms with Gasteiger partial charge in [0.25, 0.3) is 0 Å². The second-order valence-corrected chi connectivity index (χ2v) is 5.97. The molecule has 1 amide bonds. The van der Waals surface area contributed by atoms with E-state index in [1.807, 2.05) is 59.2 Å². The molecule has 0 spiro atoms. The maximum Gasteiger partial charge on any atom is 0.222 e. The van der Waals surface area contributed by atoms with Crippen LogP contribution in [0.2, 0.25) is 0 Å². The zero-order chi connectivity index (χ0) is 18.1. The molecule has 26 heavy (non-hydrogen) atoms. The average Bonchev–Trinajstić information content (AvgIpc) is 2.92. The van der Waals surface area contributed by atoms with Crippen molar-refractivity contribution in [2.75, 3.05) is 5.32 Å². The SMILES string of the molecule is CC(=O)Nc1c(C#N)c2nc3ccccc3nc2n1Cc1ccccc1. The van der Waals surface area contributed by atoms with E-state index in [1.54, 1.807) is 0 Å². The highest BCUT2D eigenvalue weighted by molar-refractivity contribution is 5.98. The first kappa shape index (κ1) is 15.8. The van der Waals surface area contributed by atoms with E-state index < -0.39 is 0 Å². The van der Waals surface area contributed by atoms with Gasteiger partial charge in [-0.25, -0.2) is 9.97 Å². The molecule has 0 aliphatic rings. The number of amides is 1. The summed E-state index contributed by atoms with van der Waals surface area (Å²) in [4.78, 5) is 21.1. The summed E-state index contributed by atoms with van der Waals surface area (Å²) in [5, 5.41) is 12.5. The predicted molar refractivity (Wildman–Crippen MR) is 99.6 cm³/mol. The van der Waals surface area contributed by atoms with Gasteiger partial charge < -0.3 is 9.88 Å². The van der Waals surface area contributed by atoms with Gasteiger partial charge in [-0.15, -0.1) is 0 Å². The summed E-state index contributed by atoms with van der Waals surface area (Å²) >= 11 is 0. The lowest BCUT2D eigenvalue weighted by molar-refractivity contribution is -0.114. The van der Waals surface area contributed by atoms with Crippen molar-refractivity contribution in [1.29, 1.82) is 5.26 Å². The molecule has 0 saturated heterocycles. The van der Waals surface area contributed by atoms with Crippen molar-refractivity contribution in [1.82, 2.24) is 14.5 Å². The van der Waals surface area contributed by atoms with Gasteiger partial charge in [-0.2, -0.15) is 5.26 Å². The van der Waals surface area contributed by atoms with Gasteiger partial charge in [0.05, 0.1) is 17.6 Å². The highest BCUT2D eigenvalue weighted by Crippen LogP contribution is 2.30. The molecule has 0 bridgehead atoms. The minimum atomic E-state index is -0.247. The Morgan fingerprint density at radius 1 is 1.08 bits per heavy atom. The summed E-state index contributed by atoms with van der Waals surface area (Å²) in [6.45, 7) is 1.89. The first-order valence-corrected chi connectivity index (χ1v) is 8.18. The molecule has 2 aromatic heterocycles. The summed E-state index contributed by atoms with van der Waals surface area (Å²) in [6, 6.07) is 19.5. The van der Waals surface area contributed by atoms with E-state index in [0.29, 0.717) is 34.6 Å². The molecule has 0 atom stereocenters. The maximum atomic E-state index is 11.7. The smallest absolute Gasteiger partial charge is 0.222 e. The fraction of sp³-hybridized carbons (Fsp3) is 0.100. The molecule has 0 aliphatic heterocycles. The number of hydrogen-bond donors (Lipinski definition) is 1. The monoisotopic (exact) mass is 341 g/mol. The topological polar surface area (TPSA) is 83.6 Å². The van der Waals surface area contributed by atoms with Crippen molar-refractivity contribution in [2.24, 2.45) is 0 Å².